The van der Waals surface area contributed by atoms with E-state index in [4.69, 9.17) is 4.74 Å². The van der Waals surface area contributed by atoms with Gasteiger partial charge in [0.1, 0.15) is 11.5 Å². The molecule has 1 heterocycles. The normalized spacial score (nSPS) is 19.0. The van der Waals surface area contributed by atoms with E-state index in [9.17, 15) is 4.79 Å². The van der Waals surface area contributed by atoms with E-state index in [-0.39, 0.29) is 17.2 Å². The Bertz CT molecular complexity index is 1250. The van der Waals surface area contributed by atoms with E-state index in [1.54, 1.807) is 0 Å². The molecule has 0 spiro atoms. The standard InChI is InChI=1S/C29H30N2O2/c1-18-9-11-20(12-10-18)33-21-13-14-23-24(15-21)31-28(22-8-6-5-7-19(22)2)27-25(30-23)16-29(3,4)17-26(27)32/h5-15,28,30-31H,16-17H2,1-4H3. The molecular formula is C29H30N2O2. The van der Waals surface area contributed by atoms with Crippen LogP contribution in [0.25, 0.3) is 0 Å². The molecule has 168 valence electrons. The average Bonchev–Trinajstić information content (AvgIpc) is 2.91. The van der Waals surface area contributed by atoms with Crippen LogP contribution < -0.4 is 15.4 Å². The Kier molecular flexibility index (Phi) is 5.24. The number of nitrogens with one attached hydrogen (secondary N) is 2. The molecule has 33 heavy (non-hydrogen) atoms. The summed E-state index contributed by atoms with van der Waals surface area (Å²) in [7, 11) is 0. The van der Waals surface area contributed by atoms with Crippen LogP contribution in [0.1, 0.15) is 49.4 Å². The van der Waals surface area contributed by atoms with E-state index < -0.39 is 0 Å². The van der Waals surface area contributed by atoms with Gasteiger partial charge in [0.05, 0.1) is 17.4 Å². The van der Waals surface area contributed by atoms with Crippen LogP contribution in [0.2, 0.25) is 0 Å². The Balaban J connectivity index is 1.57. The van der Waals surface area contributed by atoms with Gasteiger partial charge < -0.3 is 15.4 Å². The van der Waals surface area contributed by atoms with Gasteiger partial charge in [-0.05, 0) is 61.1 Å². The van der Waals surface area contributed by atoms with Gasteiger partial charge in [-0.25, -0.2) is 0 Å². The van der Waals surface area contributed by atoms with E-state index >= 15 is 0 Å². The van der Waals surface area contributed by atoms with Gasteiger partial charge in [-0.3, -0.25) is 4.79 Å². The second-order valence-corrected chi connectivity index (χ2v) is 10.0. The van der Waals surface area contributed by atoms with Crippen LogP contribution in [-0.4, -0.2) is 5.78 Å². The highest BCUT2D eigenvalue weighted by Crippen LogP contribution is 2.46. The molecule has 0 amide bonds. The zero-order chi connectivity index (χ0) is 23.2. The fourth-order valence-electron chi connectivity index (χ4n) is 4.87. The molecule has 1 atom stereocenters. The number of anilines is 2. The Morgan fingerprint density at radius 1 is 0.879 bits per heavy atom. The summed E-state index contributed by atoms with van der Waals surface area (Å²) in [4.78, 5) is 13.4. The number of ketones is 1. The summed E-state index contributed by atoms with van der Waals surface area (Å²) < 4.78 is 6.13. The van der Waals surface area contributed by atoms with Crippen molar-refractivity contribution in [1.82, 2.24) is 0 Å². The number of benzene rings is 3. The Morgan fingerprint density at radius 3 is 2.36 bits per heavy atom. The van der Waals surface area contributed by atoms with Gasteiger partial charge in [-0.15, -0.1) is 0 Å². The van der Waals surface area contributed by atoms with Gasteiger partial charge in [0, 0.05) is 23.8 Å². The lowest BCUT2D eigenvalue weighted by Crippen LogP contribution is -2.31. The molecule has 0 saturated carbocycles. The molecule has 5 rings (SSSR count). The number of aryl methyl sites for hydroxylation is 2. The predicted molar refractivity (Wildman–Crippen MR) is 134 cm³/mol. The maximum Gasteiger partial charge on any atom is 0.163 e. The number of hydrogen-bond donors (Lipinski definition) is 2. The molecule has 0 bridgehead atoms. The third-order valence-electron chi connectivity index (χ3n) is 6.54. The summed E-state index contributed by atoms with van der Waals surface area (Å²) >= 11 is 0. The molecule has 3 aromatic rings. The van der Waals surface area contributed by atoms with Gasteiger partial charge in [0.2, 0.25) is 0 Å². The maximum absolute atomic E-state index is 13.4. The topological polar surface area (TPSA) is 50.4 Å². The highest BCUT2D eigenvalue weighted by Gasteiger charge is 2.39. The van der Waals surface area contributed by atoms with E-state index in [2.05, 4.69) is 50.5 Å². The van der Waals surface area contributed by atoms with E-state index in [0.717, 1.165) is 51.7 Å². The number of allylic oxidation sites excluding steroid dienone is 1. The van der Waals surface area contributed by atoms with Crippen molar-refractivity contribution in [3.8, 4) is 11.5 Å². The minimum atomic E-state index is -0.215. The lowest BCUT2D eigenvalue weighted by Gasteiger charge is -2.34. The van der Waals surface area contributed by atoms with Crippen molar-refractivity contribution in [3.05, 3.63) is 94.7 Å². The van der Waals surface area contributed by atoms with Crippen molar-refractivity contribution in [1.29, 1.82) is 0 Å². The highest BCUT2D eigenvalue weighted by molar-refractivity contribution is 6.01. The van der Waals surface area contributed by atoms with Gasteiger partial charge in [-0.1, -0.05) is 55.8 Å². The average molecular weight is 439 g/mol. The molecule has 0 fully saturated rings. The summed E-state index contributed by atoms with van der Waals surface area (Å²) in [6.07, 6.45) is 1.38. The minimum Gasteiger partial charge on any atom is -0.457 e. The second kappa shape index (κ2) is 8.11. The fourth-order valence-corrected chi connectivity index (χ4v) is 4.87. The van der Waals surface area contributed by atoms with Gasteiger partial charge >= 0.3 is 0 Å². The quantitative estimate of drug-likeness (QED) is 0.450. The number of fused-ring (bicyclic) bond motifs is 1. The number of carbonyl (C=O) groups is 1. The molecule has 3 aromatic carbocycles. The zero-order valence-electron chi connectivity index (χ0n) is 19.7. The van der Waals surface area contributed by atoms with E-state index in [0.29, 0.717) is 6.42 Å². The van der Waals surface area contributed by atoms with Crippen molar-refractivity contribution in [3.63, 3.8) is 0 Å². The monoisotopic (exact) mass is 438 g/mol. The number of ether oxygens (including phenoxy) is 1. The number of hydrogen-bond acceptors (Lipinski definition) is 4. The van der Waals surface area contributed by atoms with Crippen LogP contribution in [0.5, 0.6) is 11.5 Å². The van der Waals surface area contributed by atoms with Crippen molar-refractivity contribution >= 4 is 17.2 Å². The molecule has 1 unspecified atom stereocenters. The van der Waals surface area contributed by atoms with Crippen LogP contribution >= 0.6 is 0 Å². The SMILES string of the molecule is Cc1ccc(Oc2ccc3c(c2)NC(c2ccccc2C)C2=C(CC(C)(C)CC2=O)N3)cc1. The van der Waals surface area contributed by atoms with Crippen LogP contribution in [0.4, 0.5) is 11.4 Å². The van der Waals surface area contributed by atoms with Gasteiger partial charge in [-0.2, -0.15) is 0 Å². The summed E-state index contributed by atoms with van der Waals surface area (Å²) in [5, 5.41) is 7.29. The molecule has 4 nitrogen and oxygen atoms in total. The van der Waals surface area contributed by atoms with E-state index in [1.165, 1.54) is 5.56 Å². The number of carbonyl (C=O) groups excluding carboxylic acids is 1. The van der Waals surface area contributed by atoms with Crippen LogP contribution in [0.3, 0.4) is 0 Å². The summed E-state index contributed by atoms with van der Waals surface area (Å²) in [6, 6.07) is 22.1. The molecule has 1 aliphatic carbocycles. The molecule has 4 heteroatoms. The molecule has 2 N–H and O–H groups in total. The zero-order valence-corrected chi connectivity index (χ0v) is 19.7. The van der Waals surface area contributed by atoms with E-state index in [1.807, 2.05) is 54.6 Å². The fraction of sp³-hybridized carbons (Fsp3) is 0.276. The highest BCUT2D eigenvalue weighted by atomic mass is 16.5. The van der Waals surface area contributed by atoms with Crippen LogP contribution in [0, 0.1) is 19.3 Å². The Morgan fingerprint density at radius 2 is 1.61 bits per heavy atom. The molecule has 1 aliphatic heterocycles. The summed E-state index contributed by atoms with van der Waals surface area (Å²) in [6.45, 7) is 8.49. The van der Waals surface area contributed by atoms with Crippen molar-refractivity contribution in [2.75, 3.05) is 10.6 Å². The number of Topliss-reactive ketones (excluding diaryl/α,β-unsaturated/α-hetero) is 1. The first kappa shape index (κ1) is 21.3. The van der Waals surface area contributed by atoms with Gasteiger partial charge in [0.15, 0.2) is 5.78 Å². The molecule has 0 saturated heterocycles. The van der Waals surface area contributed by atoms with Crippen molar-refractivity contribution < 1.29 is 9.53 Å². The molecular weight excluding hydrogens is 408 g/mol. The number of rotatable bonds is 3. The largest absolute Gasteiger partial charge is 0.457 e. The first-order valence-electron chi connectivity index (χ1n) is 11.5. The third-order valence-corrected chi connectivity index (χ3v) is 6.54. The minimum absolute atomic E-state index is 0.0712. The lowest BCUT2D eigenvalue weighted by molar-refractivity contribution is -0.118. The summed E-state index contributed by atoms with van der Waals surface area (Å²) in [5.74, 6) is 1.76. The first-order valence-corrected chi connectivity index (χ1v) is 11.5. The van der Waals surface area contributed by atoms with Crippen LogP contribution in [-0.2, 0) is 4.79 Å². The van der Waals surface area contributed by atoms with Crippen LogP contribution in [0.15, 0.2) is 78.0 Å². The van der Waals surface area contributed by atoms with Crippen molar-refractivity contribution in [2.45, 2.75) is 46.6 Å². The molecule has 0 radical (unpaired) electrons. The predicted octanol–water partition coefficient (Wildman–Crippen LogP) is 7.32. The van der Waals surface area contributed by atoms with Gasteiger partial charge in [0.25, 0.3) is 0 Å². The third kappa shape index (κ3) is 4.25. The molecule has 2 aliphatic rings. The van der Waals surface area contributed by atoms with Crippen molar-refractivity contribution in [2.24, 2.45) is 5.41 Å². The lowest BCUT2D eigenvalue weighted by atomic mass is 9.73. The first-order chi connectivity index (χ1) is 15.8. The smallest absolute Gasteiger partial charge is 0.163 e. The summed E-state index contributed by atoms with van der Waals surface area (Å²) in [5.41, 5.74) is 7.16. The Labute approximate surface area is 195 Å². The second-order valence-electron chi connectivity index (χ2n) is 10.0. The maximum atomic E-state index is 13.4. The Hall–Kier alpha value is -3.53. The molecule has 0 aromatic heterocycles.